The van der Waals surface area contributed by atoms with Gasteiger partial charge in [0.25, 0.3) is 5.91 Å². The second-order valence-corrected chi connectivity index (χ2v) is 5.98. The third-order valence-corrected chi connectivity index (χ3v) is 4.34. The molecule has 0 bridgehead atoms. The minimum absolute atomic E-state index is 0.0953. The largest absolute Gasteiger partial charge is 0.478 e. The van der Waals surface area contributed by atoms with Crippen LogP contribution < -0.4 is 0 Å². The van der Waals surface area contributed by atoms with E-state index in [2.05, 4.69) is 13.8 Å². The summed E-state index contributed by atoms with van der Waals surface area (Å²) in [6.45, 7) is 7.66. The molecule has 1 aromatic rings. The highest BCUT2D eigenvalue weighted by molar-refractivity contribution is 5.96. The highest BCUT2D eigenvalue weighted by atomic mass is 16.4. The van der Waals surface area contributed by atoms with Gasteiger partial charge in [0.15, 0.2) is 5.76 Å². The molecule has 1 aliphatic heterocycles. The topological polar surface area (TPSA) is 70.8 Å². The van der Waals surface area contributed by atoms with Crippen LogP contribution in [0.4, 0.5) is 0 Å². The number of carbonyl (C=O) groups excluding carboxylic acids is 1. The second-order valence-electron chi connectivity index (χ2n) is 5.98. The van der Waals surface area contributed by atoms with Crippen LogP contribution in [-0.4, -0.2) is 35.0 Å². The maximum absolute atomic E-state index is 12.4. The molecule has 1 N–H and O–H groups in total. The van der Waals surface area contributed by atoms with Gasteiger partial charge in [0.1, 0.15) is 11.3 Å². The van der Waals surface area contributed by atoms with Crippen LogP contribution in [0.3, 0.4) is 0 Å². The summed E-state index contributed by atoms with van der Waals surface area (Å²) in [6.07, 6.45) is 2.46. The first-order chi connectivity index (χ1) is 9.93. The van der Waals surface area contributed by atoms with E-state index in [1.165, 1.54) is 6.07 Å². The zero-order chi connectivity index (χ0) is 15.6. The fourth-order valence-electron chi connectivity index (χ4n) is 2.90. The van der Waals surface area contributed by atoms with E-state index < -0.39 is 5.97 Å². The third kappa shape index (κ3) is 3.28. The van der Waals surface area contributed by atoms with Gasteiger partial charge >= 0.3 is 5.97 Å². The van der Waals surface area contributed by atoms with Crippen molar-refractivity contribution in [3.05, 3.63) is 23.2 Å². The number of aryl methyl sites for hydroxylation is 1. The molecule has 0 atom stereocenters. The SMILES string of the molecule is CCc1oc(C(=O)N2CCC(C(C)C)CC2)cc1C(=O)O. The predicted molar refractivity (Wildman–Crippen MR) is 78.5 cm³/mol. The summed E-state index contributed by atoms with van der Waals surface area (Å²) >= 11 is 0. The molecule has 1 amide bonds. The Morgan fingerprint density at radius 2 is 2.00 bits per heavy atom. The van der Waals surface area contributed by atoms with Gasteiger partial charge in [-0.25, -0.2) is 4.79 Å². The van der Waals surface area contributed by atoms with Gasteiger partial charge in [0.05, 0.1) is 0 Å². The Bertz CT molecular complexity index is 524. The average Bonchev–Trinajstić information content (AvgIpc) is 2.91. The predicted octanol–water partition coefficient (Wildman–Crippen LogP) is 3.05. The highest BCUT2D eigenvalue weighted by Crippen LogP contribution is 2.26. The number of hydrogen-bond donors (Lipinski definition) is 1. The number of aromatic carboxylic acids is 1. The van der Waals surface area contributed by atoms with Crippen molar-refractivity contribution >= 4 is 11.9 Å². The number of likely N-dealkylation sites (tertiary alicyclic amines) is 1. The summed E-state index contributed by atoms with van der Waals surface area (Å²) in [7, 11) is 0. The summed E-state index contributed by atoms with van der Waals surface area (Å²) in [5.74, 6) is 0.561. The van der Waals surface area contributed by atoms with Crippen molar-refractivity contribution in [2.24, 2.45) is 11.8 Å². The minimum Gasteiger partial charge on any atom is -0.478 e. The number of furan rings is 1. The molecule has 0 spiro atoms. The maximum Gasteiger partial charge on any atom is 0.339 e. The smallest absolute Gasteiger partial charge is 0.339 e. The number of amides is 1. The van der Waals surface area contributed by atoms with Crippen molar-refractivity contribution in [3.8, 4) is 0 Å². The van der Waals surface area contributed by atoms with Gasteiger partial charge < -0.3 is 14.4 Å². The average molecular weight is 293 g/mol. The van der Waals surface area contributed by atoms with E-state index in [0.717, 1.165) is 12.8 Å². The summed E-state index contributed by atoms with van der Waals surface area (Å²) in [5.41, 5.74) is 0.0953. The van der Waals surface area contributed by atoms with E-state index in [0.29, 0.717) is 37.1 Å². The van der Waals surface area contributed by atoms with E-state index in [1.54, 1.807) is 4.90 Å². The Labute approximate surface area is 124 Å². The zero-order valence-electron chi connectivity index (χ0n) is 12.9. The normalized spacial score (nSPS) is 16.5. The molecule has 0 unspecified atom stereocenters. The third-order valence-electron chi connectivity index (χ3n) is 4.34. The molecular weight excluding hydrogens is 270 g/mol. The fourth-order valence-corrected chi connectivity index (χ4v) is 2.90. The summed E-state index contributed by atoms with van der Waals surface area (Å²) in [6, 6.07) is 1.36. The van der Waals surface area contributed by atoms with Gasteiger partial charge in [0, 0.05) is 25.6 Å². The number of carbonyl (C=O) groups is 2. The molecule has 1 aromatic heterocycles. The summed E-state index contributed by atoms with van der Waals surface area (Å²) < 4.78 is 5.44. The molecule has 0 aliphatic carbocycles. The zero-order valence-corrected chi connectivity index (χ0v) is 12.9. The first kappa shape index (κ1) is 15.6. The van der Waals surface area contributed by atoms with Gasteiger partial charge in [-0.3, -0.25) is 4.79 Å². The van der Waals surface area contributed by atoms with E-state index in [9.17, 15) is 9.59 Å². The maximum atomic E-state index is 12.4. The van der Waals surface area contributed by atoms with Gasteiger partial charge in [0.2, 0.25) is 0 Å². The number of hydrogen-bond acceptors (Lipinski definition) is 3. The Morgan fingerprint density at radius 1 is 1.38 bits per heavy atom. The van der Waals surface area contributed by atoms with Gasteiger partial charge in [-0.2, -0.15) is 0 Å². The highest BCUT2D eigenvalue weighted by Gasteiger charge is 2.28. The van der Waals surface area contributed by atoms with E-state index in [-0.39, 0.29) is 17.2 Å². The van der Waals surface area contributed by atoms with Crippen LogP contribution in [0.25, 0.3) is 0 Å². The second kappa shape index (κ2) is 6.33. The van der Waals surface area contributed by atoms with Crippen LogP contribution in [0, 0.1) is 11.8 Å². The number of nitrogens with zero attached hydrogens (tertiary/aromatic N) is 1. The Hall–Kier alpha value is -1.78. The fraction of sp³-hybridized carbons (Fsp3) is 0.625. The van der Waals surface area contributed by atoms with Crippen molar-refractivity contribution < 1.29 is 19.1 Å². The molecule has 0 radical (unpaired) electrons. The van der Waals surface area contributed by atoms with Crippen LogP contribution in [0.2, 0.25) is 0 Å². The molecule has 2 heterocycles. The number of piperidine rings is 1. The van der Waals surface area contributed by atoms with Crippen molar-refractivity contribution in [2.75, 3.05) is 13.1 Å². The molecule has 1 saturated heterocycles. The van der Waals surface area contributed by atoms with E-state index in [1.807, 2.05) is 6.92 Å². The Morgan fingerprint density at radius 3 is 2.43 bits per heavy atom. The van der Waals surface area contributed by atoms with Gasteiger partial charge in [-0.1, -0.05) is 20.8 Å². The van der Waals surface area contributed by atoms with Crippen LogP contribution in [-0.2, 0) is 6.42 Å². The molecule has 0 saturated carbocycles. The van der Waals surface area contributed by atoms with Crippen molar-refractivity contribution in [2.45, 2.75) is 40.0 Å². The van der Waals surface area contributed by atoms with Crippen LogP contribution >= 0.6 is 0 Å². The van der Waals surface area contributed by atoms with Crippen LogP contribution in [0.15, 0.2) is 10.5 Å². The molecule has 5 heteroatoms. The molecule has 5 nitrogen and oxygen atoms in total. The standard InChI is InChI=1S/C16H23NO4/c1-4-13-12(16(19)20)9-14(21-13)15(18)17-7-5-11(6-8-17)10(2)3/h9-11H,4-8H2,1-3H3,(H,19,20). The van der Waals surface area contributed by atoms with Crippen LogP contribution in [0.5, 0.6) is 0 Å². The van der Waals surface area contributed by atoms with Gasteiger partial charge in [-0.05, 0) is 24.7 Å². The monoisotopic (exact) mass is 293 g/mol. The lowest BCUT2D eigenvalue weighted by atomic mass is 9.86. The number of carboxylic acids is 1. The van der Waals surface area contributed by atoms with Gasteiger partial charge in [-0.15, -0.1) is 0 Å². The van der Waals surface area contributed by atoms with Crippen LogP contribution in [0.1, 0.15) is 60.3 Å². The summed E-state index contributed by atoms with van der Waals surface area (Å²) in [5, 5.41) is 9.11. The molecule has 1 aliphatic rings. The first-order valence-corrected chi connectivity index (χ1v) is 7.59. The summed E-state index contributed by atoms with van der Waals surface area (Å²) in [4.78, 5) is 25.3. The van der Waals surface area contributed by atoms with E-state index >= 15 is 0 Å². The Kier molecular flexibility index (Phi) is 4.70. The van der Waals surface area contributed by atoms with Crippen molar-refractivity contribution in [1.82, 2.24) is 4.90 Å². The minimum atomic E-state index is -1.05. The molecule has 21 heavy (non-hydrogen) atoms. The van der Waals surface area contributed by atoms with Crippen molar-refractivity contribution in [1.29, 1.82) is 0 Å². The lowest BCUT2D eigenvalue weighted by molar-refractivity contribution is 0.0633. The first-order valence-electron chi connectivity index (χ1n) is 7.59. The Balaban J connectivity index is 2.09. The lowest BCUT2D eigenvalue weighted by Gasteiger charge is -2.33. The van der Waals surface area contributed by atoms with Crippen molar-refractivity contribution in [3.63, 3.8) is 0 Å². The molecule has 1 fully saturated rings. The quantitative estimate of drug-likeness (QED) is 0.926. The number of rotatable bonds is 4. The number of carboxylic acid groups (broad SMARTS) is 1. The molecule has 0 aromatic carbocycles. The molecule has 2 rings (SSSR count). The van der Waals surface area contributed by atoms with E-state index in [4.69, 9.17) is 9.52 Å². The molecule has 116 valence electrons. The lowest BCUT2D eigenvalue weighted by Crippen LogP contribution is -2.39. The molecular formula is C16H23NO4.